The minimum atomic E-state index is 0. The Bertz CT molecular complexity index is 864. The van der Waals surface area contributed by atoms with Gasteiger partial charge in [-0.15, -0.1) is 34.2 Å². The number of aromatic nitrogens is 3. The molecule has 1 atom stereocenters. The van der Waals surface area contributed by atoms with Crippen molar-refractivity contribution in [3.05, 3.63) is 29.8 Å². The summed E-state index contributed by atoms with van der Waals surface area (Å²) in [6.07, 6.45) is 3.20. The van der Waals surface area contributed by atoms with Crippen molar-refractivity contribution in [2.24, 2.45) is 4.99 Å². The molecule has 4 rings (SSSR count). The van der Waals surface area contributed by atoms with E-state index in [9.17, 15) is 0 Å². The van der Waals surface area contributed by atoms with Crippen LogP contribution in [0, 0.1) is 0 Å². The average molecular weight is 527 g/mol. The number of aliphatic imine (C=N–C) groups is 1. The summed E-state index contributed by atoms with van der Waals surface area (Å²) in [5.41, 5.74) is 1.10. The largest absolute Gasteiger partial charge is 0.497 e. The van der Waals surface area contributed by atoms with E-state index >= 15 is 0 Å². The molecule has 1 fully saturated rings. The first-order valence-corrected chi connectivity index (χ1v) is 10.1. The molecule has 2 aliphatic heterocycles. The molecule has 30 heavy (non-hydrogen) atoms. The Balaban J connectivity index is 0.00000256. The van der Waals surface area contributed by atoms with Crippen molar-refractivity contribution < 1.29 is 9.47 Å². The highest BCUT2D eigenvalue weighted by molar-refractivity contribution is 14.0. The van der Waals surface area contributed by atoms with Crippen LogP contribution < -0.4 is 25.0 Å². The number of nitrogens with one attached hydrogen (secondary N) is 2. The molecule has 10 heteroatoms. The number of halogens is 1. The smallest absolute Gasteiger partial charge is 0.191 e. The number of ether oxygens (including phenoxy) is 2. The lowest BCUT2D eigenvalue weighted by atomic mass is 10.2. The molecule has 0 radical (unpaired) electrons. The van der Waals surface area contributed by atoms with Gasteiger partial charge in [-0.05, 0) is 12.8 Å². The Morgan fingerprint density at radius 2 is 1.93 bits per heavy atom. The lowest BCUT2D eigenvalue weighted by Crippen LogP contribution is -2.44. The molecule has 1 unspecified atom stereocenters. The van der Waals surface area contributed by atoms with Crippen LogP contribution in [0.25, 0.3) is 0 Å². The second-order valence-electron chi connectivity index (χ2n) is 7.36. The Morgan fingerprint density at radius 3 is 2.63 bits per heavy atom. The highest BCUT2D eigenvalue weighted by Crippen LogP contribution is 2.30. The van der Waals surface area contributed by atoms with Crippen molar-refractivity contribution in [1.82, 2.24) is 25.4 Å². The monoisotopic (exact) mass is 527 g/mol. The first-order valence-electron chi connectivity index (χ1n) is 10.1. The predicted molar refractivity (Wildman–Crippen MR) is 127 cm³/mol. The fourth-order valence-electron chi connectivity index (χ4n) is 3.98. The fourth-order valence-corrected chi connectivity index (χ4v) is 3.98. The van der Waals surface area contributed by atoms with Gasteiger partial charge in [-0.3, -0.25) is 4.99 Å². The van der Waals surface area contributed by atoms with Gasteiger partial charge >= 0.3 is 0 Å². The van der Waals surface area contributed by atoms with Crippen LogP contribution in [0.1, 0.15) is 24.5 Å². The molecule has 0 amide bonds. The molecule has 2 aliphatic rings. The lowest BCUT2D eigenvalue weighted by Gasteiger charge is -2.21. The first kappa shape index (κ1) is 22.4. The molecule has 164 valence electrons. The number of hydrogen-bond acceptors (Lipinski definition) is 6. The van der Waals surface area contributed by atoms with Gasteiger partial charge in [-0.25, -0.2) is 0 Å². The quantitative estimate of drug-likeness (QED) is 0.337. The lowest BCUT2D eigenvalue weighted by molar-refractivity contribution is 0.394. The van der Waals surface area contributed by atoms with Gasteiger partial charge in [0.1, 0.15) is 17.3 Å². The van der Waals surface area contributed by atoms with E-state index in [1.165, 1.54) is 0 Å². The second kappa shape index (κ2) is 10.2. The molecule has 3 heterocycles. The van der Waals surface area contributed by atoms with Gasteiger partial charge in [0.15, 0.2) is 11.8 Å². The molecule has 0 aliphatic carbocycles. The minimum Gasteiger partial charge on any atom is -0.497 e. The standard InChI is InChI=1S/C20H29N7O2.HI/c1-21-20(22-12-19-25-24-18-5-4-7-27(18)19)23-14-6-8-26(13-14)15-9-16(28-2)11-17(10-15)29-3;/h9-11,14H,4-8,12-13H2,1-3H3,(H2,21,22,23);1H. The first-order chi connectivity index (χ1) is 14.2. The van der Waals surface area contributed by atoms with E-state index in [4.69, 9.17) is 9.47 Å². The van der Waals surface area contributed by atoms with Crippen molar-refractivity contribution in [1.29, 1.82) is 0 Å². The zero-order chi connectivity index (χ0) is 20.2. The summed E-state index contributed by atoms with van der Waals surface area (Å²) in [6.45, 7) is 3.48. The van der Waals surface area contributed by atoms with Gasteiger partial charge in [-0.2, -0.15) is 0 Å². The van der Waals surface area contributed by atoms with E-state index in [1.54, 1.807) is 21.3 Å². The van der Waals surface area contributed by atoms with Crippen LogP contribution in [-0.4, -0.2) is 61.1 Å². The Hall–Kier alpha value is -2.24. The highest BCUT2D eigenvalue weighted by atomic mass is 127. The maximum absolute atomic E-state index is 5.40. The third kappa shape index (κ3) is 4.90. The van der Waals surface area contributed by atoms with Gasteiger partial charge in [0, 0.05) is 63.0 Å². The van der Waals surface area contributed by atoms with E-state index in [0.29, 0.717) is 12.6 Å². The normalized spacial score (nSPS) is 18.0. The number of hydrogen-bond donors (Lipinski definition) is 2. The van der Waals surface area contributed by atoms with Crippen molar-refractivity contribution in [3.63, 3.8) is 0 Å². The van der Waals surface area contributed by atoms with Gasteiger partial charge in [0.2, 0.25) is 0 Å². The summed E-state index contributed by atoms with van der Waals surface area (Å²) in [5.74, 6) is 4.44. The number of aryl methyl sites for hydroxylation is 1. The Morgan fingerprint density at radius 1 is 1.17 bits per heavy atom. The van der Waals surface area contributed by atoms with Crippen molar-refractivity contribution in [2.75, 3.05) is 39.3 Å². The summed E-state index contributed by atoms with van der Waals surface area (Å²) in [5, 5.41) is 15.5. The topological polar surface area (TPSA) is 88.8 Å². The van der Waals surface area contributed by atoms with Crippen LogP contribution in [0.5, 0.6) is 11.5 Å². The maximum atomic E-state index is 5.40. The van der Waals surface area contributed by atoms with Crippen LogP contribution in [-0.2, 0) is 19.5 Å². The van der Waals surface area contributed by atoms with Crippen molar-refractivity contribution in [3.8, 4) is 11.5 Å². The van der Waals surface area contributed by atoms with Crippen LogP contribution in [0.2, 0.25) is 0 Å². The summed E-state index contributed by atoms with van der Waals surface area (Å²) < 4.78 is 13.0. The van der Waals surface area contributed by atoms with E-state index in [2.05, 4.69) is 35.3 Å². The molecule has 1 aromatic heterocycles. The molecule has 0 bridgehead atoms. The number of benzene rings is 1. The summed E-state index contributed by atoms with van der Waals surface area (Å²) >= 11 is 0. The molecule has 0 spiro atoms. The Labute approximate surface area is 194 Å². The van der Waals surface area contributed by atoms with E-state index in [0.717, 1.165) is 73.7 Å². The SMILES string of the molecule is CN=C(NCc1nnc2n1CCC2)NC1CCN(c2cc(OC)cc(OC)c2)C1.I. The number of anilines is 1. The number of methoxy groups -OCH3 is 2. The fraction of sp³-hybridized carbons (Fsp3) is 0.550. The van der Waals surface area contributed by atoms with E-state index < -0.39 is 0 Å². The molecule has 2 aromatic rings. The second-order valence-corrected chi connectivity index (χ2v) is 7.36. The third-order valence-electron chi connectivity index (χ3n) is 5.55. The minimum absolute atomic E-state index is 0. The number of nitrogens with zero attached hydrogens (tertiary/aromatic N) is 5. The van der Waals surface area contributed by atoms with Crippen molar-refractivity contribution >= 4 is 35.6 Å². The molecular weight excluding hydrogens is 497 g/mol. The number of fused-ring (bicyclic) bond motifs is 1. The molecule has 0 saturated carbocycles. The molecule has 1 aromatic carbocycles. The summed E-state index contributed by atoms with van der Waals surface area (Å²) in [4.78, 5) is 6.71. The molecule has 9 nitrogen and oxygen atoms in total. The van der Waals surface area contributed by atoms with Gasteiger partial charge in [0.25, 0.3) is 0 Å². The van der Waals surface area contributed by atoms with Gasteiger partial charge in [-0.1, -0.05) is 0 Å². The van der Waals surface area contributed by atoms with Crippen LogP contribution in [0.3, 0.4) is 0 Å². The summed E-state index contributed by atoms with van der Waals surface area (Å²) in [6, 6.07) is 6.29. The Kier molecular flexibility index (Phi) is 7.62. The highest BCUT2D eigenvalue weighted by Gasteiger charge is 2.25. The summed E-state index contributed by atoms with van der Waals surface area (Å²) in [7, 11) is 5.14. The number of rotatable bonds is 6. The van der Waals surface area contributed by atoms with Gasteiger partial charge < -0.3 is 29.6 Å². The van der Waals surface area contributed by atoms with Crippen molar-refractivity contribution in [2.45, 2.75) is 38.4 Å². The molecule has 2 N–H and O–H groups in total. The molecular formula is C20H30IN7O2. The van der Waals surface area contributed by atoms with Gasteiger partial charge in [0.05, 0.1) is 20.8 Å². The predicted octanol–water partition coefficient (Wildman–Crippen LogP) is 1.80. The maximum Gasteiger partial charge on any atom is 0.191 e. The number of guanidine groups is 1. The zero-order valence-corrected chi connectivity index (χ0v) is 20.1. The third-order valence-corrected chi connectivity index (χ3v) is 5.55. The van der Waals surface area contributed by atoms with E-state index in [-0.39, 0.29) is 24.0 Å². The van der Waals surface area contributed by atoms with Crippen LogP contribution in [0.4, 0.5) is 5.69 Å². The average Bonchev–Trinajstić information content (AvgIpc) is 3.48. The molecule has 1 saturated heterocycles. The van der Waals surface area contributed by atoms with E-state index in [1.807, 2.05) is 18.2 Å². The van der Waals surface area contributed by atoms with Crippen LogP contribution >= 0.6 is 24.0 Å². The zero-order valence-electron chi connectivity index (χ0n) is 17.7. The van der Waals surface area contributed by atoms with Crippen LogP contribution in [0.15, 0.2) is 23.2 Å².